The van der Waals surface area contributed by atoms with Gasteiger partial charge < -0.3 is 20.9 Å². The van der Waals surface area contributed by atoms with E-state index in [9.17, 15) is 0 Å². The third-order valence-electron chi connectivity index (χ3n) is 2.25. The number of para-hydroxylation sites is 1. The van der Waals surface area contributed by atoms with E-state index in [2.05, 4.69) is 0 Å². The number of fused-ring (bicyclic) bond motifs is 1. The molecule has 15 heavy (non-hydrogen) atoms. The normalized spacial score (nSPS) is 15.3. The van der Waals surface area contributed by atoms with Crippen molar-refractivity contribution in [2.24, 2.45) is 11.5 Å². The van der Waals surface area contributed by atoms with Gasteiger partial charge in [0.15, 0.2) is 11.5 Å². The highest BCUT2D eigenvalue weighted by molar-refractivity contribution is 5.85. The van der Waals surface area contributed by atoms with E-state index >= 15 is 0 Å². The molecule has 5 heteroatoms. The summed E-state index contributed by atoms with van der Waals surface area (Å²) in [5.74, 6) is 1.51. The van der Waals surface area contributed by atoms with Crippen LogP contribution in [-0.2, 0) is 0 Å². The van der Waals surface area contributed by atoms with Crippen molar-refractivity contribution >= 4 is 12.4 Å². The Labute approximate surface area is 94.9 Å². The van der Waals surface area contributed by atoms with Crippen molar-refractivity contribution in [3.8, 4) is 11.5 Å². The molecule has 0 saturated heterocycles. The van der Waals surface area contributed by atoms with Crippen molar-refractivity contribution < 1.29 is 9.47 Å². The molecule has 0 saturated carbocycles. The molecule has 0 aliphatic carbocycles. The summed E-state index contributed by atoms with van der Waals surface area (Å²) in [5, 5.41) is 0. The van der Waals surface area contributed by atoms with Gasteiger partial charge in [0.1, 0.15) is 13.2 Å². The van der Waals surface area contributed by atoms with Gasteiger partial charge in [-0.1, -0.05) is 12.1 Å². The molecule has 1 aliphatic rings. The highest BCUT2D eigenvalue weighted by atomic mass is 35.5. The SMILES string of the molecule is Cl.NC[C@H](N)c1cccc2c1OCCO2. The van der Waals surface area contributed by atoms with Crippen molar-refractivity contribution in [2.75, 3.05) is 19.8 Å². The van der Waals surface area contributed by atoms with E-state index < -0.39 is 0 Å². The van der Waals surface area contributed by atoms with Gasteiger partial charge in [-0.2, -0.15) is 0 Å². The topological polar surface area (TPSA) is 70.5 Å². The van der Waals surface area contributed by atoms with Crippen LogP contribution in [0.25, 0.3) is 0 Å². The fourth-order valence-corrected chi connectivity index (χ4v) is 1.52. The van der Waals surface area contributed by atoms with Gasteiger partial charge >= 0.3 is 0 Å². The quantitative estimate of drug-likeness (QED) is 0.790. The Hall–Kier alpha value is -0.970. The highest BCUT2D eigenvalue weighted by Gasteiger charge is 2.18. The van der Waals surface area contributed by atoms with Crippen molar-refractivity contribution in [1.82, 2.24) is 0 Å². The minimum Gasteiger partial charge on any atom is -0.486 e. The first-order valence-electron chi connectivity index (χ1n) is 4.67. The van der Waals surface area contributed by atoms with Gasteiger partial charge in [0.25, 0.3) is 0 Å². The summed E-state index contributed by atoms with van der Waals surface area (Å²) in [6.07, 6.45) is 0. The van der Waals surface area contributed by atoms with Crippen molar-refractivity contribution in [2.45, 2.75) is 6.04 Å². The molecule has 1 aliphatic heterocycles. The molecule has 0 spiro atoms. The van der Waals surface area contributed by atoms with E-state index in [-0.39, 0.29) is 18.4 Å². The lowest BCUT2D eigenvalue weighted by Gasteiger charge is -2.22. The number of benzene rings is 1. The van der Waals surface area contributed by atoms with Gasteiger partial charge in [-0.05, 0) is 6.07 Å². The van der Waals surface area contributed by atoms with E-state index in [1.807, 2.05) is 18.2 Å². The van der Waals surface area contributed by atoms with Crippen LogP contribution in [0.2, 0.25) is 0 Å². The Morgan fingerprint density at radius 1 is 1.27 bits per heavy atom. The van der Waals surface area contributed by atoms with Crippen LogP contribution in [0.5, 0.6) is 11.5 Å². The number of ether oxygens (including phenoxy) is 2. The molecule has 0 bridgehead atoms. The number of nitrogens with two attached hydrogens (primary N) is 2. The van der Waals surface area contributed by atoms with Crippen molar-refractivity contribution in [1.29, 1.82) is 0 Å². The van der Waals surface area contributed by atoms with Crippen LogP contribution in [0.4, 0.5) is 0 Å². The van der Waals surface area contributed by atoms with Crippen LogP contribution < -0.4 is 20.9 Å². The van der Waals surface area contributed by atoms with Crippen molar-refractivity contribution in [3.63, 3.8) is 0 Å². The van der Waals surface area contributed by atoms with Gasteiger partial charge in [0.05, 0.1) is 0 Å². The van der Waals surface area contributed by atoms with Gasteiger partial charge in [-0.3, -0.25) is 0 Å². The maximum absolute atomic E-state index is 5.86. The highest BCUT2D eigenvalue weighted by Crippen LogP contribution is 2.35. The predicted molar refractivity (Wildman–Crippen MR) is 60.7 cm³/mol. The number of halogens is 1. The van der Waals surface area contributed by atoms with Gasteiger partial charge in [0.2, 0.25) is 0 Å². The fraction of sp³-hybridized carbons (Fsp3) is 0.400. The molecule has 0 amide bonds. The molecule has 0 unspecified atom stereocenters. The van der Waals surface area contributed by atoms with E-state index in [1.165, 1.54) is 0 Å². The summed E-state index contributed by atoms with van der Waals surface area (Å²) in [4.78, 5) is 0. The first kappa shape index (κ1) is 12.1. The Morgan fingerprint density at radius 3 is 2.73 bits per heavy atom. The molecule has 1 atom stereocenters. The van der Waals surface area contributed by atoms with Gasteiger partial charge in [0, 0.05) is 18.2 Å². The lowest BCUT2D eigenvalue weighted by atomic mass is 10.1. The predicted octanol–water partition coefficient (Wildman–Crippen LogP) is 0.838. The molecular formula is C10H15ClN2O2. The van der Waals surface area contributed by atoms with Crippen LogP contribution in [0.1, 0.15) is 11.6 Å². The van der Waals surface area contributed by atoms with Gasteiger partial charge in [-0.15, -0.1) is 12.4 Å². The Morgan fingerprint density at radius 2 is 2.00 bits per heavy atom. The molecule has 2 rings (SSSR count). The van der Waals surface area contributed by atoms with Crippen LogP contribution in [-0.4, -0.2) is 19.8 Å². The molecule has 0 radical (unpaired) electrons. The number of rotatable bonds is 2. The lowest BCUT2D eigenvalue weighted by molar-refractivity contribution is 0.169. The first-order valence-corrected chi connectivity index (χ1v) is 4.67. The zero-order valence-electron chi connectivity index (χ0n) is 8.31. The molecule has 84 valence electrons. The summed E-state index contributed by atoms with van der Waals surface area (Å²) in [6.45, 7) is 1.56. The van der Waals surface area contributed by atoms with E-state index in [4.69, 9.17) is 20.9 Å². The average molecular weight is 231 g/mol. The second kappa shape index (κ2) is 5.21. The monoisotopic (exact) mass is 230 g/mol. The average Bonchev–Trinajstić information content (AvgIpc) is 2.27. The molecular weight excluding hydrogens is 216 g/mol. The maximum atomic E-state index is 5.86. The molecule has 0 aromatic heterocycles. The summed E-state index contributed by atoms with van der Waals surface area (Å²) in [7, 11) is 0. The minimum atomic E-state index is -0.188. The smallest absolute Gasteiger partial charge is 0.166 e. The standard InChI is InChI=1S/C10H14N2O2.ClH/c11-6-8(12)7-2-1-3-9-10(7)14-5-4-13-9;/h1-3,8H,4-6,11-12H2;1H/t8-;/m0./s1. The molecule has 4 N–H and O–H groups in total. The Balaban J connectivity index is 0.00000112. The fourth-order valence-electron chi connectivity index (χ4n) is 1.52. The molecule has 4 nitrogen and oxygen atoms in total. The summed E-state index contributed by atoms with van der Waals surface area (Å²) >= 11 is 0. The summed E-state index contributed by atoms with van der Waals surface area (Å²) < 4.78 is 11.0. The van der Waals surface area contributed by atoms with Crippen LogP contribution in [0.3, 0.4) is 0 Å². The van der Waals surface area contributed by atoms with E-state index in [1.54, 1.807) is 0 Å². The molecule has 1 aromatic carbocycles. The molecule has 0 fully saturated rings. The Bertz CT molecular complexity index is 333. The third kappa shape index (κ3) is 2.34. The second-order valence-corrected chi connectivity index (χ2v) is 3.21. The van der Waals surface area contributed by atoms with Crippen molar-refractivity contribution in [3.05, 3.63) is 23.8 Å². The minimum absolute atomic E-state index is 0. The zero-order chi connectivity index (χ0) is 9.97. The van der Waals surface area contributed by atoms with Crippen LogP contribution >= 0.6 is 12.4 Å². The zero-order valence-corrected chi connectivity index (χ0v) is 9.13. The van der Waals surface area contributed by atoms with Crippen LogP contribution in [0.15, 0.2) is 18.2 Å². The lowest BCUT2D eigenvalue weighted by Crippen LogP contribution is -2.24. The third-order valence-corrected chi connectivity index (χ3v) is 2.25. The van der Waals surface area contributed by atoms with E-state index in [0.29, 0.717) is 19.8 Å². The van der Waals surface area contributed by atoms with Crippen LogP contribution in [0, 0.1) is 0 Å². The number of hydrogen-bond donors (Lipinski definition) is 2. The summed E-state index contributed by atoms with van der Waals surface area (Å²) in [6, 6.07) is 5.51. The maximum Gasteiger partial charge on any atom is 0.166 e. The van der Waals surface area contributed by atoms with E-state index in [0.717, 1.165) is 17.1 Å². The largest absolute Gasteiger partial charge is 0.486 e. The Kier molecular flexibility index (Phi) is 4.20. The molecule has 1 aromatic rings. The summed E-state index contributed by atoms with van der Waals surface area (Å²) in [5.41, 5.74) is 12.3. The first-order chi connectivity index (χ1) is 6.83. The number of hydrogen-bond acceptors (Lipinski definition) is 4. The second-order valence-electron chi connectivity index (χ2n) is 3.21. The van der Waals surface area contributed by atoms with Gasteiger partial charge in [-0.25, -0.2) is 0 Å². The molecule has 1 heterocycles.